The molecular weight excluding hydrogens is 518 g/mol. The van der Waals surface area contributed by atoms with Crippen molar-refractivity contribution in [2.75, 3.05) is 29.9 Å². The first-order valence-corrected chi connectivity index (χ1v) is 12.1. The monoisotopic (exact) mass is 544 g/mol. The number of aliphatic hydroxyl groups is 1. The van der Waals surface area contributed by atoms with Crippen LogP contribution in [-0.4, -0.2) is 56.6 Å². The van der Waals surface area contributed by atoms with Crippen LogP contribution in [0, 0.1) is 11.8 Å². The van der Waals surface area contributed by atoms with Gasteiger partial charge in [-0.3, -0.25) is 4.98 Å². The largest absolute Gasteiger partial charge is 0.468 e. The number of rotatable bonds is 6. The highest BCUT2D eigenvalue weighted by Crippen LogP contribution is 2.41. The summed E-state index contributed by atoms with van der Waals surface area (Å²) in [4.78, 5) is 9.82. The Morgan fingerprint density at radius 3 is 2.34 bits per heavy atom. The molecule has 4 heterocycles. The first-order valence-electron chi connectivity index (χ1n) is 12.1. The number of piperidine rings is 1. The van der Waals surface area contributed by atoms with Crippen LogP contribution in [-0.2, 0) is 11.8 Å². The smallest absolute Gasteiger partial charge is 0.433 e. The fourth-order valence-electron chi connectivity index (χ4n) is 5.33. The molecule has 3 aromatic rings. The van der Waals surface area contributed by atoms with Crippen molar-refractivity contribution >= 4 is 17.3 Å². The Morgan fingerprint density at radius 1 is 1.05 bits per heavy atom. The predicted octanol–water partition coefficient (Wildman–Crippen LogP) is 4.64. The van der Waals surface area contributed by atoms with Gasteiger partial charge < -0.3 is 20.1 Å². The van der Waals surface area contributed by atoms with E-state index in [4.69, 9.17) is 4.74 Å². The normalized spacial score (nSPS) is 22.2. The van der Waals surface area contributed by atoms with Gasteiger partial charge >= 0.3 is 12.4 Å². The van der Waals surface area contributed by atoms with Crippen molar-refractivity contribution in [1.82, 2.24) is 19.6 Å². The molecule has 14 heteroatoms. The standard InChI is InChI=1S/C24H26F6N6O2/c1-22(2,37)16-5-6-18(38-12-23(25,26)27)36-20(16)33-21(34-36)32-19-13-3-4-14(19)11-35(10-13)15-7-8-31-17(9-15)24(28,29)30/h5-9,13-14,19,37H,3-4,10-12H2,1-2H3,(H,32,34)/t13-,14?,19-/m0/s1. The third kappa shape index (κ3) is 5.31. The van der Waals surface area contributed by atoms with E-state index in [2.05, 4.69) is 20.4 Å². The molecule has 0 radical (unpaired) electrons. The number of alkyl halides is 6. The highest BCUT2D eigenvalue weighted by molar-refractivity contribution is 5.56. The molecule has 0 spiro atoms. The number of ether oxygens (including phenoxy) is 1. The summed E-state index contributed by atoms with van der Waals surface area (Å²) in [6.07, 6.45) is -6.24. The zero-order valence-electron chi connectivity index (χ0n) is 20.5. The van der Waals surface area contributed by atoms with E-state index in [9.17, 15) is 31.4 Å². The van der Waals surface area contributed by atoms with Crippen LogP contribution >= 0.6 is 0 Å². The average molecular weight is 544 g/mol. The molecule has 0 aromatic carbocycles. The lowest BCUT2D eigenvalue weighted by atomic mass is 9.92. The summed E-state index contributed by atoms with van der Waals surface area (Å²) < 4.78 is 83.8. The fraction of sp³-hybridized carbons (Fsp3) is 0.542. The van der Waals surface area contributed by atoms with E-state index in [1.807, 2.05) is 4.90 Å². The third-order valence-corrected chi connectivity index (χ3v) is 7.02. The van der Waals surface area contributed by atoms with Crippen LogP contribution in [0.4, 0.5) is 38.0 Å². The van der Waals surface area contributed by atoms with Crippen molar-refractivity contribution < 1.29 is 36.2 Å². The maximum atomic E-state index is 13.1. The average Bonchev–Trinajstić information content (AvgIpc) is 3.32. The van der Waals surface area contributed by atoms with Crippen molar-refractivity contribution in [3.05, 3.63) is 41.7 Å². The zero-order chi connectivity index (χ0) is 27.5. The van der Waals surface area contributed by atoms with Gasteiger partial charge in [-0.2, -0.15) is 35.8 Å². The summed E-state index contributed by atoms with van der Waals surface area (Å²) in [5.41, 5.74) is -1.33. The van der Waals surface area contributed by atoms with E-state index in [0.29, 0.717) is 24.3 Å². The molecule has 0 amide bonds. The minimum absolute atomic E-state index is 0.0811. The predicted molar refractivity (Wildman–Crippen MR) is 125 cm³/mol. The molecule has 3 atom stereocenters. The first kappa shape index (κ1) is 26.3. The summed E-state index contributed by atoms with van der Waals surface area (Å²) in [6, 6.07) is 5.28. The number of halogens is 6. The SMILES string of the molecule is CC(C)(O)c1ccc(OCC(F)(F)F)n2nc(N[C@@H]3C4CC[C@H]3CN(c3ccnc(C(F)(F)F)c3)C4)nc12. The molecule has 1 aliphatic heterocycles. The van der Waals surface area contributed by atoms with Crippen molar-refractivity contribution in [1.29, 1.82) is 0 Å². The van der Waals surface area contributed by atoms with E-state index >= 15 is 0 Å². The Hall–Kier alpha value is -3.29. The quantitative estimate of drug-likeness (QED) is 0.438. The second kappa shape index (κ2) is 9.17. The molecule has 3 aromatic heterocycles. The molecule has 38 heavy (non-hydrogen) atoms. The lowest BCUT2D eigenvalue weighted by molar-refractivity contribution is -0.154. The Kier molecular flexibility index (Phi) is 6.35. The van der Waals surface area contributed by atoms with Crippen molar-refractivity contribution in [2.24, 2.45) is 11.8 Å². The first-order chi connectivity index (χ1) is 17.7. The van der Waals surface area contributed by atoms with E-state index < -0.39 is 30.3 Å². The van der Waals surface area contributed by atoms with Gasteiger partial charge in [-0.25, -0.2) is 0 Å². The van der Waals surface area contributed by atoms with E-state index in [0.717, 1.165) is 29.6 Å². The number of aromatic nitrogens is 4. The lowest BCUT2D eigenvalue weighted by Gasteiger charge is -2.39. The van der Waals surface area contributed by atoms with Gasteiger partial charge in [-0.05, 0) is 56.7 Å². The summed E-state index contributed by atoms with van der Waals surface area (Å²) >= 11 is 0. The van der Waals surface area contributed by atoms with Gasteiger partial charge in [0.15, 0.2) is 12.3 Å². The molecule has 2 fully saturated rings. The number of nitrogens with one attached hydrogen (secondary N) is 1. The Balaban J connectivity index is 1.38. The van der Waals surface area contributed by atoms with Crippen LogP contribution in [0.1, 0.15) is 37.9 Å². The van der Waals surface area contributed by atoms with Crippen LogP contribution < -0.4 is 15.0 Å². The van der Waals surface area contributed by atoms with E-state index in [-0.39, 0.29) is 35.4 Å². The maximum absolute atomic E-state index is 13.1. The van der Waals surface area contributed by atoms with Gasteiger partial charge in [0.05, 0.1) is 5.60 Å². The number of fused-ring (bicyclic) bond motifs is 3. The minimum Gasteiger partial charge on any atom is -0.468 e. The number of pyridine rings is 2. The highest BCUT2D eigenvalue weighted by atomic mass is 19.4. The molecule has 8 nitrogen and oxygen atoms in total. The Labute approximate surface area is 213 Å². The lowest BCUT2D eigenvalue weighted by Crippen LogP contribution is -2.48. The summed E-state index contributed by atoms with van der Waals surface area (Å²) in [5, 5.41) is 18.2. The minimum atomic E-state index is -4.55. The number of nitrogens with zero attached hydrogens (tertiary/aromatic N) is 5. The van der Waals surface area contributed by atoms with Crippen LogP contribution in [0.5, 0.6) is 5.88 Å². The molecular formula is C24H26F6N6O2. The summed E-state index contributed by atoms with van der Waals surface area (Å²) in [6.45, 7) is 2.56. The molecule has 2 aliphatic rings. The Bertz CT molecular complexity index is 1300. The summed E-state index contributed by atoms with van der Waals surface area (Å²) in [7, 11) is 0. The number of hydrogen-bond donors (Lipinski definition) is 2. The van der Waals surface area contributed by atoms with Crippen LogP contribution in [0.25, 0.3) is 5.65 Å². The van der Waals surface area contributed by atoms with E-state index in [1.54, 1.807) is 6.07 Å². The van der Waals surface area contributed by atoms with Gasteiger partial charge in [-0.15, -0.1) is 5.10 Å². The maximum Gasteiger partial charge on any atom is 0.433 e. The highest BCUT2D eigenvalue weighted by Gasteiger charge is 2.43. The number of hydrogen-bond acceptors (Lipinski definition) is 7. The van der Waals surface area contributed by atoms with Gasteiger partial charge in [0.1, 0.15) is 5.69 Å². The number of anilines is 2. The topological polar surface area (TPSA) is 87.8 Å². The molecule has 206 valence electrons. The molecule has 1 aliphatic carbocycles. The molecule has 2 N–H and O–H groups in total. The summed E-state index contributed by atoms with van der Waals surface area (Å²) in [5.74, 6) is 0.147. The van der Waals surface area contributed by atoms with Crippen LogP contribution in [0.2, 0.25) is 0 Å². The van der Waals surface area contributed by atoms with Gasteiger partial charge in [0.25, 0.3) is 0 Å². The third-order valence-electron chi connectivity index (χ3n) is 7.02. The van der Waals surface area contributed by atoms with Gasteiger partial charge in [-0.1, -0.05) is 0 Å². The van der Waals surface area contributed by atoms with Crippen molar-refractivity contribution in [2.45, 2.75) is 50.7 Å². The molecule has 1 saturated carbocycles. The zero-order valence-corrected chi connectivity index (χ0v) is 20.5. The van der Waals surface area contributed by atoms with Crippen LogP contribution in [0.3, 0.4) is 0 Å². The molecule has 2 bridgehead atoms. The molecule has 5 rings (SSSR count). The van der Waals surface area contributed by atoms with Gasteiger partial charge in [0.2, 0.25) is 11.8 Å². The second-order valence-corrected chi connectivity index (χ2v) is 10.3. The molecule has 1 saturated heterocycles. The van der Waals surface area contributed by atoms with Gasteiger partial charge in [0, 0.05) is 42.6 Å². The van der Waals surface area contributed by atoms with Crippen LogP contribution in [0.15, 0.2) is 30.5 Å². The van der Waals surface area contributed by atoms with Crippen molar-refractivity contribution in [3.8, 4) is 5.88 Å². The Morgan fingerprint density at radius 2 is 1.74 bits per heavy atom. The van der Waals surface area contributed by atoms with Crippen molar-refractivity contribution in [3.63, 3.8) is 0 Å². The second-order valence-electron chi connectivity index (χ2n) is 10.3. The van der Waals surface area contributed by atoms with E-state index in [1.165, 1.54) is 26.0 Å². The molecule has 1 unspecified atom stereocenters. The fourth-order valence-corrected chi connectivity index (χ4v) is 5.33.